The van der Waals surface area contributed by atoms with Crippen molar-refractivity contribution in [2.45, 2.75) is 0 Å². The number of pyridine rings is 1. The van der Waals surface area contributed by atoms with Gasteiger partial charge in [-0.3, -0.25) is 0 Å². The summed E-state index contributed by atoms with van der Waals surface area (Å²) in [7, 11) is 0. The lowest BCUT2D eigenvalue weighted by molar-refractivity contribution is 1.43. The lowest BCUT2D eigenvalue weighted by atomic mass is 9.94. The van der Waals surface area contributed by atoms with E-state index in [1.54, 1.807) is 0 Å². The van der Waals surface area contributed by atoms with E-state index < -0.39 is 0 Å². The van der Waals surface area contributed by atoms with Crippen LogP contribution in [0.15, 0.2) is 103 Å². The van der Waals surface area contributed by atoms with Gasteiger partial charge in [-0.25, -0.2) is 4.98 Å². The molecule has 0 amide bonds. The van der Waals surface area contributed by atoms with E-state index in [4.69, 9.17) is 4.98 Å². The van der Waals surface area contributed by atoms with Crippen LogP contribution in [0.5, 0.6) is 0 Å². The first-order valence-electron chi connectivity index (χ1n) is 9.58. The zero-order chi connectivity index (χ0) is 18.5. The number of nitrogens with zero attached hydrogens (tertiary/aromatic N) is 1. The highest BCUT2D eigenvalue weighted by Crippen LogP contribution is 2.37. The van der Waals surface area contributed by atoms with E-state index in [9.17, 15) is 0 Å². The Labute approximate surface area is 162 Å². The molecule has 1 aromatic heterocycles. The Balaban J connectivity index is 1.80. The molecule has 28 heavy (non-hydrogen) atoms. The second-order valence-corrected chi connectivity index (χ2v) is 7.25. The maximum Gasteiger partial charge on any atom is 0.0788 e. The van der Waals surface area contributed by atoms with Crippen molar-refractivity contribution >= 4 is 43.2 Å². The molecule has 6 rings (SSSR count). The van der Waals surface area contributed by atoms with Gasteiger partial charge in [-0.2, -0.15) is 0 Å². The van der Waals surface area contributed by atoms with Gasteiger partial charge in [0.1, 0.15) is 0 Å². The van der Waals surface area contributed by atoms with E-state index >= 15 is 0 Å². The van der Waals surface area contributed by atoms with Crippen molar-refractivity contribution in [2.75, 3.05) is 0 Å². The Bertz CT molecular complexity index is 1500. The Morgan fingerprint density at radius 3 is 2.04 bits per heavy atom. The van der Waals surface area contributed by atoms with Crippen molar-refractivity contribution < 1.29 is 0 Å². The van der Waals surface area contributed by atoms with Crippen molar-refractivity contribution in [3.8, 4) is 11.3 Å². The van der Waals surface area contributed by atoms with Crippen molar-refractivity contribution in [2.24, 2.45) is 0 Å². The summed E-state index contributed by atoms with van der Waals surface area (Å²) < 4.78 is 0. The third-order valence-corrected chi connectivity index (χ3v) is 5.61. The molecule has 0 radical (unpaired) electrons. The first-order chi connectivity index (χ1) is 13.9. The van der Waals surface area contributed by atoms with Gasteiger partial charge in [0.15, 0.2) is 0 Å². The molecule has 0 spiro atoms. The Hall–Kier alpha value is -3.71. The highest BCUT2D eigenvalue weighted by atomic mass is 14.7. The van der Waals surface area contributed by atoms with Crippen LogP contribution < -0.4 is 0 Å². The molecule has 130 valence electrons. The van der Waals surface area contributed by atoms with Gasteiger partial charge < -0.3 is 0 Å². The van der Waals surface area contributed by atoms with Gasteiger partial charge in [-0.05, 0) is 33.7 Å². The molecule has 0 N–H and O–H groups in total. The fourth-order valence-corrected chi connectivity index (χ4v) is 4.28. The average molecular weight is 355 g/mol. The number of hydrogen-bond acceptors (Lipinski definition) is 1. The van der Waals surface area contributed by atoms with Crippen molar-refractivity contribution in [1.82, 2.24) is 4.98 Å². The molecule has 0 aliphatic rings. The van der Waals surface area contributed by atoms with Gasteiger partial charge in [0, 0.05) is 21.7 Å². The lowest BCUT2D eigenvalue weighted by Gasteiger charge is -2.13. The van der Waals surface area contributed by atoms with E-state index in [-0.39, 0.29) is 0 Å². The average Bonchev–Trinajstić information content (AvgIpc) is 2.77. The SMILES string of the molecule is c1ccc2cc(-c3nc4ccccc4c4c3ccc3ccccc34)ccc2c1. The van der Waals surface area contributed by atoms with Crippen LogP contribution in [0.4, 0.5) is 0 Å². The van der Waals surface area contributed by atoms with Crippen LogP contribution in [-0.2, 0) is 0 Å². The number of rotatable bonds is 1. The Morgan fingerprint density at radius 2 is 1.14 bits per heavy atom. The fourth-order valence-electron chi connectivity index (χ4n) is 4.28. The molecule has 0 bridgehead atoms. The summed E-state index contributed by atoms with van der Waals surface area (Å²) in [5.41, 5.74) is 3.24. The number of hydrogen-bond donors (Lipinski definition) is 0. The van der Waals surface area contributed by atoms with E-state index in [1.165, 1.54) is 37.7 Å². The summed E-state index contributed by atoms with van der Waals surface area (Å²) in [6, 6.07) is 36.6. The minimum Gasteiger partial charge on any atom is -0.247 e. The van der Waals surface area contributed by atoms with Crippen LogP contribution in [0.3, 0.4) is 0 Å². The molecule has 0 saturated heterocycles. The third-order valence-electron chi connectivity index (χ3n) is 5.61. The second kappa shape index (κ2) is 5.90. The zero-order valence-electron chi connectivity index (χ0n) is 15.3. The molecule has 0 fully saturated rings. The highest BCUT2D eigenvalue weighted by molar-refractivity contribution is 6.22. The molecule has 1 heterocycles. The van der Waals surface area contributed by atoms with Gasteiger partial charge in [0.2, 0.25) is 0 Å². The summed E-state index contributed by atoms with van der Waals surface area (Å²) in [6.45, 7) is 0. The van der Waals surface area contributed by atoms with Crippen molar-refractivity contribution in [3.63, 3.8) is 0 Å². The van der Waals surface area contributed by atoms with Gasteiger partial charge in [0.25, 0.3) is 0 Å². The topological polar surface area (TPSA) is 12.9 Å². The largest absolute Gasteiger partial charge is 0.247 e. The number of aromatic nitrogens is 1. The van der Waals surface area contributed by atoms with Crippen LogP contribution in [0, 0.1) is 0 Å². The Morgan fingerprint density at radius 1 is 0.464 bits per heavy atom. The molecule has 1 nitrogen and oxygen atoms in total. The van der Waals surface area contributed by atoms with Crippen LogP contribution in [-0.4, -0.2) is 4.98 Å². The normalized spacial score (nSPS) is 11.6. The molecule has 0 unspecified atom stereocenters. The van der Waals surface area contributed by atoms with Crippen molar-refractivity contribution in [3.05, 3.63) is 103 Å². The smallest absolute Gasteiger partial charge is 0.0788 e. The predicted octanol–water partition coefficient (Wildman–Crippen LogP) is 7.36. The number of para-hydroxylation sites is 1. The predicted molar refractivity (Wildman–Crippen MR) is 120 cm³/mol. The maximum absolute atomic E-state index is 5.09. The molecular weight excluding hydrogens is 338 g/mol. The van der Waals surface area contributed by atoms with Gasteiger partial charge >= 0.3 is 0 Å². The molecule has 0 saturated carbocycles. The van der Waals surface area contributed by atoms with Crippen LogP contribution in [0.1, 0.15) is 0 Å². The monoisotopic (exact) mass is 355 g/mol. The quantitative estimate of drug-likeness (QED) is 0.281. The maximum atomic E-state index is 5.09. The van der Waals surface area contributed by atoms with Crippen LogP contribution >= 0.6 is 0 Å². The molecule has 6 aromatic rings. The standard InChI is InChI=1S/C27H17N/c1-2-9-20-17-21(14-13-18(20)7-1)27-24-16-15-19-8-3-4-10-22(19)26(24)23-11-5-6-12-25(23)28-27/h1-17H. The summed E-state index contributed by atoms with van der Waals surface area (Å²) in [5, 5.41) is 8.72. The summed E-state index contributed by atoms with van der Waals surface area (Å²) in [4.78, 5) is 5.09. The molecular formula is C27H17N. The zero-order valence-corrected chi connectivity index (χ0v) is 15.3. The van der Waals surface area contributed by atoms with Crippen LogP contribution in [0.25, 0.3) is 54.5 Å². The van der Waals surface area contributed by atoms with Gasteiger partial charge in [-0.1, -0.05) is 91.0 Å². The third kappa shape index (κ3) is 2.23. The molecule has 1 heteroatoms. The van der Waals surface area contributed by atoms with Crippen LogP contribution in [0.2, 0.25) is 0 Å². The number of benzene rings is 5. The molecule has 5 aromatic carbocycles. The van der Waals surface area contributed by atoms with E-state index in [2.05, 4.69) is 103 Å². The first-order valence-corrected chi connectivity index (χ1v) is 9.58. The number of fused-ring (bicyclic) bond motifs is 6. The van der Waals surface area contributed by atoms with Gasteiger partial charge in [-0.15, -0.1) is 0 Å². The summed E-state index contributed by atoms with van der Waals surface area (Å²) in [5.74, 6) is 0. The fraction of sp³-hybridized carbons (Fsp3) is 0. The van der Waals surface area contributed by atoms with Gasteiger partial charge in [0.05, 0.1) is 11.2 Å². The van der Waals surface area contributed by atoms with E-state index in [0.717, 1.165) is 16.8 Å². The van der Waals surface area contributed by atoms with Crippen molar-refractivity contribution in [1.29, 1.82) is 0 Å². The second-order valence-electron chi connectivity index (χ2n) is 7.25. The first kappa shape index (κ1) is 15.4. The summed E-state index contributed by atoms with van der Waals surface area (Å²) in [6.07, 6.45) is 0. The lowest BCUT2D eigenvalue weighted by Crippen LogP contribution is -1.91. The highest BCUT2D eigenvalue weighted by Gasteiger charge is 2.13. The minimum atomic E-state index is 1.04. The molecule has 0 aliphatic heterocycles. The molecule has 0 aliphatic carbocycles. The minimum absolute atomic E-state index is 1.04. The van der Waals surface area contributed by atoms with E-state index in [1.807, 2.05) is 0 Å². The van der Waals surface area contributed by atoms with E-state index in [0.29, 0.717) is 0 Å². The Kier molecular flexibility index (Phi) is 3.24. The summed E-state index contributed by atoms with van der Waals surface area (Å²) >= 11 is 0. The molecule has 0 atom stereocenters.